The molecule has 4 rings (SSSR count). The zero-order valence-electron chi connectivity index (χ0n) is 13.4. The molecule has 1 saturated heterocycles. The van der Waals surface area contributed by atoms with Crippen LogP contribution in [-0.4, -0.2) is 26.8 Å². The summed E-state index contributed by atoms with van der Waals surface area (Å²) in [7, 11) is 0. The second kappa shape index (κ2) is 5.76. The van der Waals surface area contributed by atoms with Gasteiger partial charge in [-0.05, 0) is 31.7 Å². The molecule has 1 amide bonds. The minimum absolute atomic E-state index is 0.188. The van der Waals surface area contributed by atoms with E-state index in [2.05, 4.69) is 27.0 Å². The molecule has 1 aromatic carbocycles. The first-order valence-electron chi connectivity index (χ1n) is 8.40. The number of hydrogen-bond donors (Lipinski definition) is 0. The molecule has 0 radical (unpaired) electrons. The molecule has 2 aliphatic rings. The third-order valence-electron chi connectivity index (χ3n) is 5.07. The van der Waals surface area contributed by atoms with Gasteiger partial charge in [-0.2, -0.15) is 0 Å². The van der Waals surface area contributed by atoms with E-state index in [-0.39, 0.29) is 11.9 Å². The lowest BCUT2D eigenvalue weighted by Crippen LogP contribution is -2.42. The summed E-state index contributed by atoms with van der Waals surface area (Å²) in [4.78, 5) is 23.8. The fourth-order valence-corrected chi connectivity index (χ4v) is 3.98. The van der Waals surface area contributed by atoms with Crippen molar-refractivity contribution in [1.82, 2.24) is 14.9 Å². The zero-order chi connectivity index (χ0) is 15.8. The molecule has 0 unspecified atom stereocenters. The Hall–Kier alpha value is -2.23. The van der Waals surface area contributed by atoms with Crippen molar-refractivity contribution < 1.29 is 4.79 Å². The van der Waals surface area contributed by atoms with E-state index in [9.17, 15) is 4.79 Å². The highest BCUT2D eigenvalue weighted by atomic mass is 16.2. The van der Waals surface area contributed by atoms with Gasteiger partial charge in [0, 0.05) is 30.6 Å². The Bertz CT molecular complexity index is 729. The van der Waals surface area contributed by atoms with Crippen LogP contribution in [0.25, 0.3) is 0 Å². The Morgan fingerprint density at radius 2 is 2.09 bits per heavy atom. The van der Waals surface area contributed by atoms with Crippen LogP contribution < -0.4 is 0 Å². The van der Waals surface area contributed by atoms with Crippen LogP contribution in [0.5, 0.6) is 0 Å². The molecule has 1 aromatic heterocycles. The van der Waals surface area contributed by atoms with Crippen molar-refractivity contribution >= 4 is 5.91 Å². The third kappa shape index (κ3) is 2.62. The van der Waals surface area contributed by atoms with Crippen LogP contribution in [0.1, 0.15) is 47.9 Å². The number of hydrogen-bond acceptors (Lipinski definition) is 3. The van der Waals surface area contributed by atoms with Crippen LogP contribution in [0, 0.1) is 6.92 Å². The third-order valence-corrected chi connectivity index (χ3v) is 5.07. The van der Waals surface area contributed by atoms with Gasteiger partial charge in [0.05, 0.1) is 11.7 Å². The summed E-state index contributed by atoms with van der Waals surface area (Å²) in [6, 6.07) is 10.8. The Kier molecular flexibility index (Phi) is 3.60. The number of nitrogens with zero attached hydrogens (tertiary/aromatic N) is 3. The molecule has 2 atom stereocenters. The second-order valence-corrected chi connectivity index (χ2v) is 6.56. The number of aromatic nitrogens is 2. The average Bonchev–Trinajstić information content (AvgIpc) is 2.89. The van der Waals surface area contributed by atoms with E-state index >= 15 is 0 Å². The van der Waals surface area contributed by atoms with E-state index in [0.29, 0.717) is 12.5 Å². The van der Waals surface area contributed by atoms with Gasteiger partial charge >= 0.3 is 0 Å². The summed E-state index contributed by atoms with van der Waals surface area (Å²) >= 11 is 0. The molecule has 2 bridgehead atoms. The average molecular weight is 307 g/mol. The van der Waals surface area contributed by atoms with Crippen LogP contribution >= 0.6 is 0 Å². The van der Waals surface area contributed by atoms with Crippen molar-refractivity contribution in [2.24, 2.45) is 0 Å². The van der Waals surface area contributed by atoms with Crippen LogP contribution in [-0.2, 0) is 17.6 Å². The first kappa shape index (κ1) is 14.4. The Labute approximate surface area is 136 Å². The van der Waals surface area contributed by atoms with E-state index in [1.54, 1.807) is 0 Å². The topological polar surface area (TPSA) is 46.1 Å². The highest BCUT2D eigenvalue weighted by Crippen LogP contribution is 2.43. The summed E-state index contributed by atoms with van der Waals surface area (Å²) in [5.74, 6) is 1.10. The predicted molar refractivity (Wildman–Crippen MR) is 87.8 cm³/mol. The lowest BCUT2D eigenvalue weighted by Gasteiger charge is -2.35. The fraction of sp³-hybridized carbons (Fsp3) is 0.421. The van der Waals surface area contributed by atoms with Crippen molar-refractivity contribution in [2.75, 3.05) is 0 Å². The number of rotatable bonds is 3. The number of carbonyl (C=O) groups is 1. The van der Waals surface area contributed by atoms with Gasteiger partial charge in [-0.3, -0.25) is 4.79 Å². The van der Waals surface area contributed by atoms with Crippen molar-refractivity contribution in [1.29, 1.82) is 0 Å². The maximum atomic E-state index is 12.8. The molecule has 0 saturated carbocycles. The van der Waals surface area contributed by atoms with Gasteiger partial charge in [0.15, 0.2) is 0 Å². The van der Waals surface area contributed by atoms with Gasteiger partial charge in [0.25, 0.3) is 0 Å². The van der Waals surface area contributed by atoms with Crippen molar-refractivity contribution in [3.05, 3.63) is 59.2 Å². The summed E-state index contributed by atoms with van der Waals surface area (Å²) in [5, 5.41) is 0. The summed E-state index contributed by atoms with van der Waals surface area (Å²) in [6.07, 6.45) is 6.33. The highest BCUT2D eigenvalue weighted by molar-refractivity contribution is 5.78. The molecule has 23 heavy (non-hydrogen) atoms. The standard InChI is InChI=1S/C19H21N3O/c1-13-20-12-16-17(21-13)11-15-8-9-18(16)22(15)19(23)10-7-14-5-3-2-4-6-14/h2-6,12,15,18H,7-11H2,1H3/t15-,18+/m0/s1. The molecular weight excluding hydrogens is 286 g/mol. The molecular formula is C19H21N3O. The Morgan fingerprint density at radius 3 is 2.91 bits per heavy atom. The maximum Gasteiger partial charge on any atom is 0.223 e. The molecule has 0 N–H and O–H groups in total. The zero-order valence-corrected chi connectivity index (χ0v) is 13.4. The molecule has 0 aliphatic carbocycles. The van der Waals surface area contributed by atoms with E-state index in [1.165, 1.54) is 5.56 Å². The van der Waals surface area contributed by atoms with Gasteiger partial charge in [-0.15, -0.1) is 0 Å². The highest BCUT2D eigenvalue weighted by Gasteiger charge is 2.42. The van der Waals surface area contributed by atoms with Gasteiger partial charge in [-0.1, -0.05) is 30.3 Å². The van der Waals surface area contributed by atoms with Crippen molar-refractivity contribution in [3.63, 3.8) is 0 Å². The number of fused-ring (bicyclic) bond motifs is 4. The maximum absolute atomic E-state index is 12.8. The van der Waals surface area contributed by atoms with Gasteiger partial charge in [0.2, 0.25) is 5.91 Å². The Balaban J connectivity index is 1.51. The largest absolute Gasteiger partial charge is 0.332 e. The van der Waals surface area contributed by atoms with Gasteiger partial charge in [-0.25, -0.2) is 9.97 Å². The molecule has 4 heteroatoms. The van der Waals surface area contributed by atoms with E-state index in [4.69, 9.17) is 0 Å². The van der Waals surface area contributed by atoms with E-state index < -0.39 is 0 Å². The number of aryl methyl sites for hydroxylation is 2. The first-order chi connectivity index (χ1) is 11.2. The van der Waals surface area contributed by atoms with Crippen LogP contribution in [0.2, 0.25) is 0 Å². The normalized spacial score (nSPS) is 22.0. The van der Waals surface area contributed by atoms with Gasteiger partial charge < -0.3 is 4.90 Å². The number of benzene rings is 1. The molecule has 2 aromatic rings. The smallest absolute Gasteiger partial charge is 0.223 e. The van der Waals surface area contributed by atoms with Crippen LogP contribution in [0.15, 0.2) is 36.5 Å². The molecule has 3 heterocycles. The van der Waals surface area contributed by atoms with Crippen LogP contribution in [0.3, 0.4) is 0 Å². The summed E-state index contributed by atoms with van der Waals surface area (Å²) in [6.45, 7) is 1.93. The fourth-order valence-electron chi connectivity index (χ4n) is 3.98. The van der Waals surface area contributed by atoms with Gasteiger partial charge in [0.1, 0.15) is 5.82 Å². The van der Waals surface area contributed by atoms with Crippen LogP contribution in [0.4, 0.5) is 0 Å². The summed E-state index contributed by atoms with van der Waals surface area (Å²) in [5.41, 5.74) is 3.54. The molecule has 1 fully saturated rings. The second-order valence-electron chi connectivity index (χ2n) is 6.56. The Morgan fingerprint density at radius 1 is 1.26 bits per heavy atom. The van der Waals surface area contributed by atoms with E-state index in [1.807, 2.05) is 31.3 Å². The molecule has 0 spiro atoms. The SMILES string of the molecule is Cc1ncc2c(n1)C[C@@H]1CC[C@H]2N1C(=O)CCc1ccccc1. The van der Waals surface area contributed by atoms with E-state index in [0.717, 1.165) is 42.8 Å². The quantitative estimate of drug-likeness (QED) is 0.875. The van der Waals surface area contributed by atoms with Crippen molar-refractivity contribution in [3.8, 4) is 0 Å². The minimum Gasteiger partial charge on any atom is -0.332 e. The number of amides is 1. The molecule has 2 aliphatic heterocycles. The van der Waals surface area contributed by atoms with Crippen molar-refractivity contribution in [2.45, 2.75) is 51.1 Å². The number of carbonyl (C=O) groups excluding carboxylic acids is 1. The minimum atomic E-state index is 0.188. The summed E-state index contributed by atoms with van der Waals surface area (Å²) < 4.78 is 0. The predicted octanol–water partition coefficient (Wildman–Crippen LogP) is 3.01. The first-order valence-corrected chi connectivity index (χ1v) is 8.40. The lowest BCUT2D eigenvalue weighted by molar-refractivity contribution is -0.134. The monoisotopic (exact) mass is 307 g/mol. The molecule has 118 valence electrons. The lowest BCUT2D eigenvalue weighted by atomic mass is 9.98. The molecule has 4 nitrogen and oxygen atoms in total.